The van der Waals surface area contributed by atoms with E-state index in [-0.39, 0.29) is 23.4 Å². The number of benzene rings is 1. The van der Waals surface area contributed by atoms with Crippen molar-refractivity contribution >= 4 is 16.8 Å². The van der Waals surface area contributed by atoms with Crippen LogP contribution in [0, 0.1) is 17.8 Å². The zero-order valence-corrected chi connectivity index (χ0v) is 15.9. The van der Waals surface area contributed by atoms with E-state index in [1.165, 1.54) is 6.42 Å². The topological polar surface area (TPSA) is 92.1 Å². The number of nitrogens with one attached hydrogen (secondary N) is 1. The summed E-state index contributed by atoms with van der Waals surface area (Å²) in [5.74, 6) is 1.72. The smallest absolute Gasteiger partial charge is 0.258 e. The molecule has 0 spiro atoms. The van der Waals surface area contributed by atoms with Gasteiger partial charge in [-0.1, -0.05) is 18.6 Å². The highest BCUT2D eigenvalue weighted by Crippen LogP contribution is 2.42. The third kappa shape index (κ3) is 3.50. The van der Waals surface area contributed by atoms with Gasteiger partial charge >= 0.3 is 0 Å². The van der Waals surface area contributed by atoms with Gasteiger partial charge in [0.25, 0.3) is 5.56 Å². The fraction of sp³-hybridized carbons (Fsp3) is 0.571. The molecule has 0 saturated heterocycles. The summed E-state index contributed by atoms with van der Waals surface area (Å²) in [6, 6.07) is 7.54. The van der Waals surface area contributed by atoms with E-state index in [0.717, 1.165) is 25.7 Å². The fourth-order valence-electron chi connectivity index (χ4n) is 4.99. The van der Waals surface area contributed by atoms with Gasteiger partial charge in [0.15, 0.2) is 0 Å². The van der Waals surface area contributed by atoms with Gasteiger partial charge in [-0.15, -0.1) is 0 Å². The maximum atomic E-state index is 13.2. The quantitative estimate of drug-likeness (QED) is 0.867. The van der Waals surface area contributed by atoms with Crippen molar-refractivity contribution in [3.05, 3.63) is 40.4 Å². The predicted molar refractivity (Wildman–Crippen MR) is 105 cm³/mol. The van der Waals surface area contributed by atoms with Gasteiger partial charge in [-0.2, -0.15) is 0 Å². The Morgan fingerprint density at radius 3 is 2.67 bits per heavy atom. The van der Waals surface area contributed by atoms with Crippen LogP contribution in [0.3, 0.4) is 0 Å². The van der Waals surface area contributed by atoms with Gasteiger partial charge < -0.3 is 15.6 Å². The molecule has 2 saturated carbocycles. The van der Waals surface area contributed by atoms with E-state index < -0.39 is 0 Å². The van der Waals surface area contributed by atoms with Gasteiger partial charge in [0, 0.05) is 18.5 Å². The van der Waals surface area contributed by atoms with Crippen molar-refractivity contribution < 1.29 is 4.79 Å². The normalized spacial score (nSPS) is 27.5. The Morgan fingerprint density at radius 1 is 1.26 bits per heavy atom. The number of nitrogens with zero attached hydrogens (tertiary/aromatic N) is 2. The van der Waals surface area contributed by atoms with Crippen molar-refractivity contribution in [3.63, 3.8) is 0 Å². The molecule has 2 fully saturated rings. The fourth-order valence-corrected chi connectivity index (χ4v) is 4.99. The molecule has 1 amide bonds. The molecule has 2 atom stereocenters. The summed E-state index contributed by atoms with van der Waals surface area (Å²) >= 11 is 0. The molecule has 2 aliphatic carbocycles. The van der Waals surface area contributed by atoms with Crippen LogP contribution in [0.5, 0.6) is 0 Å². The Kier molecular flexibility index (Phi) is 5.00. The lowest BCUT2D eigenvalue weighted by Crippen LogP contribution is -2.49. The Hall–Kier alpha value is -2.21. The monoisotopic (exact) mass is 368 g/mol. The van der Waals surface area contributed by atoms with Gasteiger partial charge in [-0.3, -0.25) is 9.59 Å². The third-order valence-corrected chi connectivity index (χ3v) is 6.46. The van der Waals surface area contributed by atoms with E-state index in [0.29, 0.717) is 41.7 Å². The lowest BCUT2D eigenvalue weighted by Gasteiger charge is -2.44. The number of hydrogen-bond donors (Lipinski definition) is 2. The second-order valence-electron chi connectivity index (χ2n) is 8.08. The van der Waals surface area contributed by atoms with Crippen molar-refractivity contribution in [2.24, 2.45) is 23.5 Å². The Labute approximate surface area is 159 Å². The first-order valence-corrected chi connectivity index (χ1v) is 10.1. The minimum absolute atomic E-state index is 0.0484. The molecule has 4 rings (SSSR count). The largest absolute Gasteiger partial charge is 0.335 e. The SMILES string of the molecule is CCN(Cc1nc2ccccc2c(=O)[nH]1)C(=O)C1CC2CCCC(C1)C2N. The molecule has 1 heterocycles. The standard InChI is InChI=1S/C21H28N4O2/c1-2-25(12-18-23-17-9-4-3-8-16(17)20(26)24-18)21(27)15-10-13-6-5-7-14(11-15)19(13)22/h3-4,8-9,13-15,19H,2,5-7,10-12,22H2,1H3,(H,23,24,26). The number of amides is 1. The summed E-state index contributed by atoms with van der Waals surface area (Å²) in [6.07, 6.45) is 5.33. The van der Waals surface area contributed by atoms with Crippen LogP contribution >= 0.6 is 0 Å². The number of carbonyl (C=O) groups is 1. The van der Waals surface area contributed by atoms with Crippen LogP contribution in [0.25, 0.3) is 10.9 Å². The zero-order valence-electron chi connectivity index (χ0n) is 15.9. The lowest BCUT2D eigenvalue weighted by molar-refractivity contribution is -0.139. The van der Waals surface area contributed by atoms with Gasteiger partial charge in [0.05, 0.1) is 17.4 Å². The Balaban J connectivity index is 1.52. The van der Waals surface area contributed by atoms with E-state index in [2.05, 4.69) is 9.97 Å². The minimum atomic E-state index is -0.155. The van der Waals surface area contributed by atoms with Gasteiger partial charge in [-0.25, -0.2) is 4.98 Å². The third-order valence-electron chi connectivity index (χ3n) is 6.46. The lowest BCUT2D eigenvalue weighted by atomic mass is 9.65. The Morgan fingerprint density at radius 2 is 1.96 bits per heavy atom. The van der Waals surface area contributed by atoms with E-state index in [4.69, 9.17) is 5.73 Å². The summed E-state index contributed by atoms with van der Waals surface area (Å²) in [7, 11) is 0. The van der Waals surface area contributed by atoms with E-state index in [9.17, 15) is 9.59 Å². The van der Waals surface area contributed by atoms with Gasteiger partial charge in [0.2, 0.25) is 5.91 Å². The first-order valence-electron chi connectivity index (χ1n) is 10.1. The number of aromatic nitrogens is 2. The highest BCUT2D eigenvalue weighted by molar-refractivity contribution is 5.79. The highest BCUT2D eigenvalue weighted by Gasteiger charge is 2.41. The van der Waals surface area contributed by atoms with Gasteiger partial charge in [0.1, 0.15) is 5.82 Å². The van der Waals surface area contributed by atoms with Crippen LogP contribution in [0.4, 0.5) is 0 Å². The molecule has 144 valence electrons. The molecule has 2 aliphatic rings. The predicted octanol–water partition coefficient (Wildman–Crippen LogP) is 2.43. The second kappa shape index (κ2) is 7.43. The maximum Gasteiger partial charge on any atom is 0.258 e. The van der Waals surface area contributed by atoms with Crippen molar-refractivity contribution in [1.29, 1.82) is 0 Å². The van der Waals surface area contributed by atoms with Crippen LogP contribution < -0.4 is 11.3 Å². The van der Waals surface area contributed by atoms with E-state index in [1.54, 1.807) is 6.07 Å². The van der Waals surface area contributed by atoms with Crippen LogP contribution in [0.2, 0.25) is 0 Å². The molecule has 1 aromatic heterocycles. The highest BCUT2D eigenvalue weighted by atomic mass is 16.2. The first kappa shape index (κ1) is 18.2. The molecule has 27 heavy (non-hydrogen) atoms. The van der Waals surface area contributed by atoms with Crippen molar-refractivity contribution in [2.75, 3.05) is 6.54 Å². The average Bonchev–Trinajstić information content (AvgIpc) is 2.65. The molecule has 2 aromatic rings. The van der Waals surface area contributed by atoms with Gasteiger partial charge in [-0.05, 0) is 56.6 Å². The molecule has 6 heteroatoms. The molecular formula is C21H28N4O2. The van der Waals surface area contributed by atoms with E-state index >= 15 is 0 Å². The number of carbonyl (C=O) groups excluding carboxylic acids is 1. The molecular weight excluding hydrogens is 340 g/mol. The number of aromatic amines is 1. The summed E-state index contributed by atoms with van der Waals surface area (Å²) in [4.78, 5) is 34.7. The average molecular weight is 368 g/mol. The summed E-state index contributed by atoms with van der Waals surface area (Å²) in [5, 5.41) is 0.574. The molecule has 1 aromatic carbocycles. The molecule has 2 unspecified atom stereocenters. The number of rotatable bonds is 4. The molecule has 3 N–H and O–H groups in total. The van der Waals surface area contributed by atoms with Crippen LogP contribution in [0.1, 0.15) is 44.9 Å². The van der Waals surface area contributed by atoms with Crippen molar-refractivity contribution in [3.8, 4) is 0 Å². The van der Waals surface area contributed by atoms with Crippen molar-refractivity contribution in [2.45, 2.75) is 51.6 Å². The summed E-state index contributed by atoms with van der Waals surface area (Å²) in [5.41, 5.74) is 6.88. The molecule has 6 nitrogen and oxygen atoms in total. The Bertz CT molecular complexity index is 879. The number of fused-ring (bicyclic) bond motifs is 3. The number of para-hydroxylation sites is 1. The molecule has 2 bridgehead atoms. The number of H-pyrrole nitrogens is 1. The minimum Gasteiger partial charge on any atom is -0.335 e. The van der Waals surface area contributed by atoms with E-state index in [1.807, 2.05) is 30.0 Å². The number of nitrogens with two attached hydrogens (primary N) is 1. The van der Waals surface area contributed by atoms with Crippen LogP contribution in [-0.2, 0) is 11.3 Å². The zero-order chi connectivity index (χ0) is 19.0. The number of hydrogen-bond acceptors (Lipinski definition) is 4. The maximum absolute atomic E-state index is 13.2. The van der Waals surface area contributed by atoms with Crippen molar-refractivity contribution in [1.82, 2.24) is 14.9 Å². The second-order valence-corrected chi connectivity index (χ2v) is 8.08. The van der Waals surface area contributed by atoms with Crippen LogP contribution in [-0.4, -0.2) is 33.4 Å². The summed E-state index contributed by atoms with van der Waals surface area (Å²) in [6.45, 7) is 2.92. The van der Waals surface area contributed by atoms with Crippen LogP contribution in [0.15, 0.2) is 29.1 Å². The first-order chi connectivity index (χ1) is 13.1. The molecule has 0 radical (unpaired) electrons. The molecule has 0 aliphatic heterocycles. The summed E-state index contributed by atoms with van der Waals surface area (Å²) < 4.78 is 0.